The average molecular weight is 291 g/mol. The number of nitro groups is 1. The smallest absolute Gasteiger partial charge is 0.274 e. The Labute approximate surface area is 126 Å². The van der Waals surface area contributed by atoms with Crippen LogP contribution in [0.5, 0.6) is 0 Å². The molecule has 2 rings (SSSR count). The van der Waals surface area contributed by atoms with Crippen molar-refractivity contribution >= 4 is 11.4 Å². The zero-order valence-corrected chi connectivity index (χ0v) is 13.1. The summed E-state index contributed by atoms with van der Waals surface area (Å²) < 4.78 is 0. The fraction of sp³-hybridized carbons (Fsp3) is 0.625. The summed E-state index contributed by atoms with van der Waals surface area (Å²) in [4.78, 5) is 13.1. The van der Waals surface area contributed by atoms with Gasteiger partial charge in [-0.2, -0.15) is 0 Å². The molecule has 1 N–H and O–H groups in total. The number of nitrogens with zero attached hydrogens (tertiary/aromatic N) is 2. The van der Waals surface area contributed by atoms with E-state index in [-0.39, 0.29) is 10.6 Å². The first-order valence-corrected chi connectivity index (χ1v) is 7.74. The minimum absolute atomic E-state index is 0.203. The molecule has 1 saturated heterocycles. The lowest BCUT2D eigenvalue weighted by Crippen LogP contribution is -2.46. The highest BCUT2D eigenvalue weighted by Gasteiger charge is 2.23. The summed E-state index contributed by atoms with van der Waals surface area (Å²) >= 11 is 0. The Morgan fingerprint density at radius 1 is 1.43 bits per heavy atom. The van der Waals surface area contributed by atoms with E-state index in [0.717, 1.165) is 24.3 Å². The van der Waals surface area contributed by atoms with E-state index in [2.05, 4.69) is 24.1 Å². The Morgan fingerprint density at radius 2 is 2.19 bits per heavy atom. The van der Waals surface area contributed by atoms with E-state index in [1.165, 1.54) is 19.3 Å². The number of rotatable bonds is 5. The van der Waals surface area contributed by atoms with Crippen LogP contribution in [0.3, 0.4) is 0 Å². The maximum absolute atomic E-state index is 11.1. The van der Waals surface area contributed by atoms with Crippen LogP contribution in [0.15, 0.2) is 18.2 Å². The van der Waals surface area contributed by atoms with E-state index >= 15 is 0 Å². The van der Waals surface area contributed by atoms with Crippen molar-refractivity contribution < 1.29 is 4.92 Å². The summed E-state index contributed by atoms with van der Waals surface area (Å²) in [7, 11) is 0. The highest BCUT2D eigenvalue weighted by Crippen LogP contribution is 2.30. The molecule has 5 nitrogen and oxygen atoms in total. The molecule has 1 fully saturated rings. The molecule has 0 radical (unpaired) electrons. The summed E-state index contributed by atoms with van der Waals surface area (Å²) in [6.45, 7) is 8.10. The summed E-state index contributed by atoms with van der Waals surface area (Å²) in [5, 5.41) is 14.7. The van der Waals surface area contributed by atoms with E-state index in [1.54, 1.807) is 12.1 Å². The van der Waals surface area contributed by atoms with Gasteiger partial charge < -0.3 is 10.2 Å². The second kappa shape index (κ2) is 6.89. The predicted molar refractivity (Wildman–Crippen MR) is 86.0 cm³/mol. The van der Waals surface area contributed by atoms with Gasteiger partial charge in [0.25, 0.3) is 5.69 Å². The monoisotopic (exact) mass is 291 g/mol. The highest BCUT2D eigenvalue weighted by atomic mass is 16.6. The number of benzene rings is 1. The highest BCUT2D eigenvalue weighted by molar-refractivity contribution is 5.62. The molecule has 0 bridgehead atoms. The number of nitro benzene ring substituents is 1. The number of hydrogen-bond donors (Lipinski definition) is 1. The van der Waals surface area contributed by atoms with Crippen LogP contribution in [0.2, 0.25) is 0 Å². The minimum atomic E-state index is -0.295. The lowest BCUT2D eigenvalue weighted by atomic mass is 10.0. The van der Waals surface area contributed by atoms with Crippen LogP contribution >= 0.6 is 0 Å². The van der Waals surface area contributed by atoms with E-state index in [0.29, 0.717) is 12.1 Å². The van der Waals surface area contributed by atoms with E-state index in [4.69, 9.17) is 0 Å². The summed E-state index contributed by atoms with van der Waals surface area (Å²) in [6, 6.07) is 6.14. The Morgan fingerprint density at radius 3 is 2.76 bits per heavy atom. The lowest BCUT2D eigenvalue weighted by Gasteiger charge is -2.35. The second-order valence-electron chi connectivity index (χ2n) is 6.07. The number of nitrogens with one attached hydrogen (secondary N) is 1. The first-order valence-electron chi connectivity index (χ1n) is 7.74. The third kappa shape index (κ3) is 3.73. The van der Waals surface area contributed by atoms with Gasteiger partial charge in [-0.25, -0.2) is 0 Å². The van der Waals surface area contributed by atoms with Gasteiger partial charge >= 0.3 is 0 Å². The van der Waals surface area contributed by atoms with Crippen molar-refractivity contribution in [2.24, 2.45) is 0 Å². The van der Waals surface area contributed by atoms with Crippen molar-refractivity contribution in [2.75, 3.05) is 18.0 Å². The number of piperidine rings is 1. The lowest BCUT2D eigenvalue weighted by molar-refractivity contribution is -0.385. The van der Waals surface area contributed by atoms with Crippen molar-refractivity contribution in [3.8, 4) is 0 Å². The summed E-state index contributed by atoms with van der Waals surface area (Å²) in [5.74, 6) is 0. The molecule has 116 valence electrons. The van der Waals surface area contributed by atoms with Gasteiger partial charge in [-0.3, -0.25) is 10.1 Å². The molecule has 1 aliphatic rings. The van der Waals surface area contributed by atoms with Gasteiger partial charge in [-0.15, -0.1) is 0 Å². The van der Waals surface area contributed by atoms with Gasteiger partial charge in [-0.05, 0) is 46.2 Å². The van der Waals surface area contributed by atoms with Gasteiger partial charge in [0.15, 0.2) is 0 Å². The molecule has 0 amide bonds. The first-order chi connectivity index (χ1) is 10.0. The van der Waals surface area contributed by atoms with Gasteiger partial charge in [-0.1, -0.05) is 12.5 Å². The SMILES string of the molecule is Cc1c(N(CC2CCCCN2)C(C)C)cccc1[N+](=O)[O-]. The van der Waals surface area contributed by atoms with Crippen molar-refractivity contribution in [3.05, 3.63) is 33.9 Å². The Bertz CT molecular complexity index is 496. The van der Waals surface area contributed by atoms with Crippen LogP contribution in [-0.4, -0.2) is 30.1 Å². The van der Waals surface area contributed by atoms with Crippen LogP contribution in [0.25, 0.3) is 0 Å². The quantitative estimate of drug-likeness (QED) is 0.668. The Balaban J connectivity index is 2.25. The van der Waals surface area contributed by atoms with E-state index < -0.39 is 0 Å². The molecular formula is C16H25N3O2. The molecule has 0 aliphatic carbocycles. The molecule has 1 aromatic carbocycles. The van der Waals surface area contributed by atoms with Crippen LogP contribution in [0, 0.1) is 17.0 Å². The average Bonchev–Trinajstić information content (AvgIpc) is 2.46. The molecule has 1 unspecified atom stereocenters. The molecule has 1 aliphatic heterocycles. The molecule has 1 aromatic rings. The predicted octanol–water partition coefficient (Wildman–Crippen LogP) is 3.26. The second-order valence-corrected chi connectivity index (χ2v) is 6.07. The molecule has 0 saturated carbocycles. The molecular weight excluding hydrogens is 266 g/mol. The van der Waals surface area contributed by atoms with Crippen molar-refractivity contribution in [1.29, 1.82) is 0 Å². The third-order valence-electron chi connectivity index (χ3n) is 4.24. The first kappa shape index (κ1) is 15.8. The van der Waals surface area contributed by atoms with Crippen LogP contribution in [-0.2, 0) is 0 Å². The van der Waals surface area contributed by atoms with Crippen molar-refractivity contribution in [2.45, 2.75) is 52.1 Å². The number of hydrogen-bond acceptors (Lipinski definition) is 4. The van der Waals surface area contributed by atoms with Gasteiger partial charge in [0.1, 0.15) is 0 Å². The van der Waals surface area contributed by atoms with Crippen molar-refractivity contribution in [3.63, 3.8) is 0 Å². The zero-order valence-electron chi connectivity index (χ0n) is 13.1. The van der Waals surface area contributed by atoms with Gasteiger partial charge in [0.05, 0.1) is 10.5 Å². The van der Waals surface area contributed by atoms with Gasteiger partial charge in [0, 0.05) is 30.4 Å². The third-order valence-corrected chi connectivity index (χ3v) is 4.24. The van der Waals surface area contributed by atoms with Crippen LogP contribution < -0.4 is 10.2 Å². The minimum Gasteiger partial charge on any atom is -0.367 e. The molecule has 21 heavy (non-hydrogen) atoms. The van der Waals surface area contributed by atoms with E-state index in [1.807, 2.05) is 13.0 Å². The number of anilines is 1. The van der Waals surface area contributed by atoms with E-state index in [9.17, 15) is 10.1 Å². The summed E-state index contributed by atoms with van der Waals surface area (Å²) in [6.07, 6.45) is 3.68. The largest absolute Gasteiger partial charge is 0.367 e. The molecule has 1 heterocycles. The fourth-order valence-electron chi connectivity index (χ4n) is 3.03. The Kier molecular flexibility index (Phi) is 5.17. The summed E-state index contributed by atoms with van der Waals surface area (Å²) in [5.41, 5.74) is 1.94. The molecule has 1 atom stereocenters. The molecule has 0 spiro atoms. The maximum Gasteiger partial charge on any atom is 0.274 e. The zero-order chi connectivity index (χ0) is 15.4. The topological polar surface area (TPSA) is 58.4 Å². The van der Waals surface area contributed by atoms with Crippen LogP contribution in [0.4, 0.5) is 11.4 Å². The normalized spacial score (nSPS) is 18.8. The Hall–Kier alpha value is -1.62. The standard InChI is InChI=1S/C16H25N3O2/c1-12(2)18(11-14-7-4-5-10-17-14)15-8-6-9-16(13(15)3)19(20)21/h6,8-9,12,14,17H,4-5,7,10-11H2,1-3H3. The maximum atomic E-state index is 11.1. The van der Waals surface area contributed by atoms with Gasteiger partial charge in [0.2, 0.25) is 0 Å². The fourth-order valence-corrected chi connectivity index (χ4v) is 3.03. The van der Waals surface area contributed by atoms with Crippen molar-refractivity contribution in [1.82, 2.24) is 5.32 Å². The van der Waals surface area contributed by atoms with Crippen LogP contribution in [0.1, 0.15) is 38.7 Å². The molecule has 5 heteroatoms. The molecule has 0 aromatic heterocycles.